The van der Waals surface area contributed by atoms with Crippen LogP contribution < -0.4 is 0 Å². The maximum Gasteiger partial charge on any atom is 0.242 e. The Bertz CT molecular complexity index is 532. The van der Waals surface area contributed by atoms with E-state index >= 15 is 0 Å². The monoisotopic (exact) mass is 446 g/mol. The second kappa shape index (κ2) is 5.83. The summed E-state index contributed by atoms with van der Waals surface area (Å²) in [4.78, 5) is 41.5. The van der Waals surface area contributed by atoms with Gasteiger partial charge >= 0.3 is 0 Å². The number of amides is 3. The van der Waals surface area contributed by atoms with E-state index in [1.54, 1.807) is 4.90 Å². The summed E-state index contributed by atoms with van der Waals surface area (Å²) in [6.07, 6.45) is 4.10. The number of imide groups is 1. The summed E-state index contributed by atoms with van der Waals surface area (Å²) >= 11 is 7.35. The van der Waals surface area contributed by atoms with Crippen LogP contribution in [0.2, 0.25) is 0 Å². The molecule has 126 valence electrons. The predicted octanol–water partition coefficient (Wildman–Crippen LogP) is 1.78. The van der Waals surface area contributed by atoms with E-state index in [-0.39, 0.29) is 57.6 Å². The molecule has 0 spiro atoms. The van der Waals surface area contributed by atoms with Crippen molar-refractivity contribution in [3.8, 4) is 0 Å². The molecule has 4 rings (SSSR count). The average molecular weight is 448 g/mol. The molecular weight excluding hydrogens is 428 g/mol. The molecule has 4 aliphatic rings. The molecule has 0 aromatic carbocycles. The van der Waals surface area contributed by atoms with Crippen LogP contribution in [-0.4, -0.2) is 56.8 Å². The average Bonchev–Trinajstić information content (AvgIpc) is 3.16. The van der Waals surface area contributed by atoms with Crippen LogP contribution in [-0.2, 0) is 14.4 Å². The Kier molecular flexibility index (Phi) is 4.07. The van der Waals surface area contributed by atoms with E-state index in [9.17, 15) is 14.4 Å². The molecule has 6 atom stereocenters. The molecule has 0 unspecified atom stereocenters. The number of hydrogen-bond acceptors (Lipinski definition) is 3. The van der Waals surface area contributed by atoms with Crippen LogP contribution in [0.15, 0.2) is 0 Å². The summed E-state index contributed by atoms with van der Waals surface area (Å²) < 4.78 is 0. The van der Waals surface area contributed by atoms with Crippen LogP contribution in [0.4, 0.5) is 0 Å². The molecule has 2 bridgehead atoms. The summed E-state index contributed by atoms with van der Waals surface area (Å²) in [6.45, 7) is 1.43. The molecule has 0 radical (unpaired) electrons. The van der Waals surface area contributed by atoms with Crippen LogP contribution in [0.1, 0.15) is 25.7 Å². The Morgan fingerprint density at radius 1 is 0.957 bits per heavy atom. The molecule has 23 heavy (non-hydrogen) atoms. The van der Waals surface area contributed by atoms with Gasteiger partial charge in [-0.2, -0.15) is 0 Å². The van der Waals surface area contributed by atoms with Gasteiger partial charge in [0, 0.05) is 22.7 Å². The first kappa shape index (κ1) is 16.1. The van der Waals surface area contributed by atoms with Gasteiger partial charge in [0.25, 0.3) is 0 Å². The van der Waals surface area contributed by atoms with E-state index in [1.165, 1.54) is 4.90 Å². The van der Waals surface area contributed by atoms with Gasteiger partial charge in [0.15, 0.2) is 0 Å². The summed E-state index contributed by atoms with van der Waals surface area (Å²) in [5, 5.41) is 0. The van der Waals surface area contributed by atoms with Crippen molar-refractivity contribution in [1.29, 1.82) is 0 Å². The molecule has 5 nitrogen and oxygen atoms in total. The molecule has 2 saturated heterocycles. The zero-order valence-corrected chi connectivity index (χ0v) is 16.0. The topological polar surface area (TPSA) is 57.7 Å². The molecule has 0 aromatic heterocycles. The molecule has 2 aliphatic carbocycles. The second-order valence-corrected chi connectivity index (χ2v) is 9.32. The lowest BCUT2D eigenvalue weighted by atomic mass is 9.81. The molecule has 2 aliphatic heterocycles. The van der Waals surface area contributed by atoms with Gasteiger partial charge < -0.3 is 4.90 Å². The van der Waals surface area contributed by atoms with Crippen molar-refractivity contribution in [3.63, 3.8) is 0 Å². The Morgan fingerprint density at radius 3 is 2.00 bits per heavy atom. The fraction of sp³-hybridized carbons (Fsp3) is 0.812. The van der Waals surface area contributed by atoms with Crippen LogP contribution in [0.3, 0.4) is 0 Å². The number of carbonyl (C=O) groups is 3. The van der Waals surface area contributed by atoms with E-state index in [0.29, 0.717) is 0 Å². The summed E-state index contributed by atoms with van der Waals surface area (Å²) in [5.74, 6) is -0.352. The van der Waals surface area contributed by atoms with E-state index < -0.39 is 0 Å². The minimum Gasteiger partial charge on any atom is -0.341 e. The quantitative estimate of drug-likeness (QED) is 0.478. The van der Waals surface area contributed by atoms with Crippen molar-refractivity contribution < 1.29 is 14.4 Å². The number of likely N-dealkylation sites (tertiary alicyclic amines) is 2. The van der Waals surface area contributed by atoms with Gasteiger partial charge in [-0.15, -0.1) is 0 Å². The van der Waals surface area contributed by atoms with Crippen molar-refractivity contribution in [2.75, 3.05) is 19.6 Å². The molecule has 2 saturated carbocycles. The van der Waals surface area contributed by atoms with Gasteiger partial charge in [-0.25, -0.2) is 0 Å². The van der Waals surface area contributed by atoms with Crippen molar-refractivity contribution in [2.45, 2.75) is 35.3 Å². The fourth-order valence-corrected chi connectivity index (χ4v) is 6.82. The summed E-state index contributed by atoms with van der Waals surface area (Å²) in [5.41, 5.74) is 0. The molecule has 7 heteroatoms. The third kappa shape index (κ3) is 2.33. The van der Waals surface area contributed by atoms with Gasteiger partial charge in [0.1, 0.15) is 6.54 Å². The SMILES string of the molecule is O=C(CN1C(=O)[C@@H]2[C@H]3C[C@@H]([C@H](Br)[C@@H]3Br)[C@@H]2C1=O)N1CCCCC1. The first-order valence-electron chi connectivity index (χ1n) is 8.42. The van der Waals surface area contributed by atoms with Crippen LogP contribution >= 0.6 is 31.9 Å². The third-order valence-corrected chi connectivity index (χ3v) is 9.29. The highest BCUT2D eigenvalue weighted by Crippen LogP contribution is 2.60. The van der Waals surface area contributed by atoms with Gasteiger partial charge in [-0.05, 0) is 37.5 Å². The number of fused-ring (bicyclic) bond motifs is 5. The van der Waals surface area contributed by atoms with E-state index in [1.807, 2.05) is 0 Å². The van der Waals surface area contributed by atoms with Crippen LogP contribution in [0.5, 0.6) is 0 Å². The van der Waals surface area contributed by atoms with E-state index in [2.05, 4.69) is 31.9 Å². The van der Waals surface area contributed by atoms with Crippen molar-refractivity contribution in [1.82, 2.24) is 9.80 Å². The number of carbonyl (C=O) groups excluding carboxylic acids is 3. The zero-order chi connectivity index (χ0) is 16.3. The van der Waals surface area contributed by atoms with Gasteiger partial charge in [-0.1, -0.05) is 31.9 Å². The molecule has 4 fully saturated rings. The third-order valence-electron chi connectivity index (χ3n) is 6.08. The van der Waals surface area contributed by atoms with Gasteiger partial charge in [0.2, 0.25) is 17.7 Å². The lowest BCUT2D eigenvalue weighted by Gasteiger charge is -2.28. The van der Waals surface area contributed by atoms with Crippen LogP contribution in [0, 0.1) is 23.7 Å². The lowest BCUT2D eigenvalue weighted by molar-refractivity contribution is -0.147. The summed E-state index contributed by atoms with van der Waals surface area (Å²) in [6, 6.07) is 0. The lowest BCUT2D eigenvalue weighted by Crippen LogP contribution is -2.45. The number of hydrogen-bond donors (Lipinski definition) is 0. The highest BCUT2D eigenvalue weighted by Gasteiger charge is 2.66. The Hall–Kier alpha value is -0.430. The van der Waals surface area contributed by atoms with E-state index in [4.69, 9.17) is 0 Å². The maximum absolute atomic E-state index is 12.8. The van der Waals surface area contributed by atoms with Gasteiger partial charge in [-0.3, -0.25) is 19.3 Å². The molecule has 0 N–H and O–H groups in total. The number of halogens is 2. The van der Waals surface area contributed by atoms with Crippen LogP contribution in [0.25, 0.3) is 0 Å². The Balaban J connectivity index is 1.50. The molecule has 0 aromatic rings. The number of alkyl halides is 2. The van der Waals surface area contributed by atoms with Crippen molar-refractivity contribution in [3.05, 3.63) is 0 Å². The second-order valence-electron chi connectivity index (χ2n) is 7.21. The zero-order valence-electron chi connectivity index (χ0n) is 12.8. The number of piperidine rings is 1. The number of nitrogens with zero attached hydrogens (tertiary/aromatic N) is 2. The fourth-order valence-electron chi connectivity index (χ4n) is 4.94. The molecule has 3 amide bonds. The Morgan fingerprint density at radius 2 is 1.48 bits per heavy atom. The Labute approximate surface area is 152 Å². The molecular formula is C16H20Br2N2O3. The first-order valence-corrected chi connectivity index (χ1v) is 10.2. The van der Waals surface area contributed by atoms with E-state index in [0.717, 1.165) is 38.8 Å². The maximum atomic E-state index is 12.8. The predicted molar refractivity (Wildman–Crippen MR) is 91.2 cm³/mol. The molecule has 2 heterocycles. The highest BCUT2D eigenvalue weighted by atomic mass is 79.9. The normalized spacial score (nSPS) is 42.5. The largest absolute Gasteiger partial charge is 0.341 e. The standard InChI is InChI=1S/C16H20Br2N2O3/c17-13-8-6-9(14(13)18)12-11(8)15(22)20(16(12)23)7-10(21)19-4-2-1-3-5-19/h8-9,11-14H,1-7H2/t8-,9-,11-,12+,13-,14+/m1/s1. The van der Waals surface area contributed by atoms with Crippen molar-refractivity contribution >= 4 is 49.6 Å². The minimum atomic E-state index is -0.222. The number of rotatable bonds is 2. The highest BCUT2D eigenvalue weighted by molar-refractivity contribution is 9.12. The minimum absolute atomic E-state index is 0.0655. The van der Waals surface area contributed by atoms with Gasteiger partial charge in [0.05, 0.1) is 11.8 Å². The first-order chi connectivity index (χ1) is 11.0. The van der Waals surface area contributed by atoms with Crippen molar-refractivity contribution in [2.24, 2.45) is 23.7 Å². The smallest absolute Gasteiger partial charge is 0.242 e. The summed E-state index contributed by atoms with van der Waals surface area (Å²) in [7, 11) is 0.